The number of fused-ring (bicyclic) bond motifs is 1. The summed E-state index contributed by atoms with van der Waals surface area (Å²) in [4.78, 5) is 2.38. The van der Waals surface area contributed by atoms with E-state index < -0.39 is 5.60 Å². The van der Waals surface area contributed by atoms with E-state index in [-0.39, 0.29) is 0 Å². The van der Waals surface area contributed by atoms with Crippen molar-refractivity contribution in [2.45, 2.75) is 25.0 Å². The van der Waals surface area contributed by atoms with Gasteiger partial charge in [0.25, 0.3) is 0 Å². The molecule has 0 bridgehead atoms. The Bertz CT molecular complexity index is 470. The largest absolute Gasteiger partial charge is 0.454 e. The molecular formula is C15H22N2O3. The lowest BCUT2D eigenvalue weighted by atomic mass is 9.91. The molecule has 0 aliphatic carbocycles. The molecule has 0 unspecified atom stereocenters. The first-order valence-electron chi connectivity index (χ1n) is 7.16. The summed E-state index contributed by atoms with van der Waals surface area (Å²) in [7, 11) is 1.89. The Morgan fingerprint density at radius 3 is 2.75 bits per heavy atom. The van der Waals surface area contributed by atoms with Crippen LogP contribution in [0.5, 0.6) is 11.5 Å². The zero-order chi connectivity index (χ0) is 14.0. The van der Waals surface area contributed by atoms with Gasteiger partial charge < -0.3 is 19.9 Å². The summed E-state index contributed by atoms with van der Waals surface area (Å²) in [6.07, 6.45) is 1.64. The Morgan fingerprint density at radius 1 is 1.25 bits per heavy atom. The van der Waals surface area contributed by atoms with Crippen LogP contribution in [-0.4, -0.2) is 49.1 Å². The summed E-state index contributed by atoms with van der Waals surface area (Å²) in [5.41, 5.74) is 0.688. The predicted octanol–water partition coefficient (Wildman–Crippen LogP) is 0.962. The molecule has 1 saturated heterocycles. The molecule has 2 aliphatic heterocycles. The third-order valence-corrected chi connectivity index (χ3v) is 4.14. The van der Waals surface area contributed by atoms with Gasteiger partial charge in [-0.1, -0.05) is 6.07 Å². The summed E-state index contributed by atoms with van der Waals surface area (Å²) in [5.74, 6) is 1.67. The van der Waals surface area contributed by atoms with Crippen molar-refractivity contribution in [3.8, 4) is 11.5 Å². The molecule has 3 rings (SSSR count). The number of likely N-dealkylation sites (N-methyl/N-ethyl adjacent to an activating group) is 1. The Kier molecular flexibility index (Phi) is 3.83. The van der Waals surface area contributed by atoms with Gasteiger partial charge in [-0.25, -0.2) is 0 Å². The van der Waals surface area contributed by atoms with Gasteiger partial charge in [-0.15, -0.1) is 0 Å². The van der Waals surface area contributed by atoms with Crippen molar-refractivity contribution in [1.82, 2.24) is 10.2 Å². The number of nitrogens with one attached hydrogen (secondary N) is 1. The lowest BCUT2D eigenvalue weighted by Crippen LogP contribution is -2.49. The van der Waals surface area contributed by atoms with Gasteiger partial charge >= 0.3 is 0 Å². The molecule has 2 heterocycles. The Labute approximate surface area is 119 Å². The van der Waals surface area contributed by atoms with E-state index in [0.29, 0.717) is 13.3 Å². The maximum atomic E-state index is 10.4. The summed E-state index contributed by atoms with van der Waals surface area (Å²) >= 11 is 0. The van der Waals surface area contributed by atoms with E-state index in [2.05, 4.69) is 22.3 Å². The topological polar surface area (TPSA) is 54.0 Å². The smallest absolute Gasteiger partial charge is 0.231 e. The van der Waals surface area contributed by atoms with E-state index in [1.165, 1.54) is 5.56 Å². The van der Waals surface area contributed by atoms with Gasteiger partial charge in [0.1, 0.15) is 0 Å². The van der Waals surface area contributed by atoms with Crippen molar-refractivity contribution in [3.05, 3.63) is 23.8 Å². The maximum absolute atomic E-state index is 10.4. The van der Waals surface area contributed by atoms with Crippen LogP contribution >= 0.6 is 0 Å². The first-order chi connectivity index (χ1) is 9.68. The molecule has 1 aromatic carbocycles. The molecule has 0 saturated carbocycles. The Hall–Kier alpha value is -1.30. The van der Waals surface area contributed by atoms with Gasteiger partial charge in [0, 0.05) is 26.2 Å². The van der Waals surface area contributed by atoms with Crippen molar-refractivity contribution in [3.63, 3.8) is 0 Å². The molecule has 0 aromatic heterocycles. The van der Waals surface area contributed by atoms with Crippen molar-refractivity contribution in [1.29, 1.82) is 0 Å². The van der Waals surface area contributed by atoms with Gasteiger partial charge in [0.05, 0.1) is 5.60 Å². The zero-order valence-corrected chi connectivity index (χ0v) is 11.9. The van der Waals surface area contributed by atoms with Crippen LogP contribution < -0.4 is 14.8 Å². The van der Waals surface area contributed by atoms with Crippen LogP contribution in [0.1, 0.15) is 18.4 Å². The molecule has 0 atom stereocenters. The lowest BCUT2D eigenvalue weighted by Gasteiger charge is -2.38. The number of hydrogen-bond acceptors (Lipinski definition) is 5. The number of piperidine rings is 1. The first kappa shape index (κ1) is 13.7. The van der Waals surface area contributed by atoms with Crippen molar-refractivity contribution in [2.75, 3.05) is 33.5 Å². The molecule has 0 amide bonds. The highest BCUT2D eigenvalue weighted by Gasteiger charge is 2.31. The third-order valence-electron chi connectivity index (χ3n) is 4.14. The molecule has 0 spiro atoms. The quantitative estimate of drug-likeness (QED) is 0.859. The summed E-state index contributed by atoms with van der Waals surface area (Å²) in [5, 5.41) is 13.4. The summed E-state index contributed by atoms with van der Waals surface area (Å²) < 4.78 is 10.7. The SMILES string of the molecule is CNCC1(O)CCN(Cc2ccc3c(c2)OCO3)CC1. The molecule has 2 aliphatic rings. The van der Waals surface area contributed by atoms with E-state index in [1.54, 1.807) is 0 Å². The zero-order valence-electron chi connectivity index (χ0n) is 11.9. The molecule has 2 N–H and O–H groups in total. The van der Waals surface area contributed by atoms with E-state index >= 15 is 0 Å². The lowest BCUT2D eigenvalue weighted by molar-refractivity contribution is -0.0203. The summed E-state index contributed by atoms with van der Waals surface area (Å²) in [6, 6.07) is 6.11. The van der Waals surface area contributed by atoms with Gasteiger partial charge in [-0.3, -0.25) is 4.90 Å². The standard InChI is InChI=1S/C15H22N2O3/c1-16-10-15(18)4-6-17(7-5-15)9-12-2-3-13-14(8-12)20-11-19-13/h2-3,8,16,18H,4-7,9-11H2,1H3. The minimum atomic E-state index is -0.542. The Morgan fingerprint density at radius 2 is 2.00 bits per heavy atom. The van der Waals surface area contributed by atoms with Gasteiger partial charge in [-0.2, -0.15) is 0 Å². The fourth-order valence-electron chi connectivity index (χ4n) is 2.93. The number of rotatable bonds is 4. The van der Waals surface area contributed by atoms with E-state index in [4.69, 9.17) is 9.47 Å². The number of nitrogens with zero attached hydrogens (tertiary/aromatic N) is 1. The van der Waals surface area contributed by atoms with Crippen LogP contribution in [-0.2, 0) is 6.54 Å². The molecule has 110 valence electrons. The number of ether oxygens (including phenoxy) is 2. The molecule has 0 radical (unpaired) electrons. The van der Waals surface area contributed by atoms with E-state index in [0.717, 1.165) is 44.0 Å². The Balaban J connectivity index is 1.57. The third kappa shape index (κ3) is 2.90. The molecule has 20 heavy (non-hydrogen) atoms. The monoisotopic (exact) mass is 278 g/mol. The van der Waals surface area contributed by atoms with Gasteiger partial charge in [0.2, 0.25) is 6.79 Å². The second-order valence-electron chi connectivity index (χ2n) is 5.72. The second-order valence-corrected chi connectivity index (χ2v) is 5.72. The van der Waals surface area contributed by atoms with Crippen molar-refractivity contribution < 1.29 is 14.6 Å². The highest BCUT2D eigenvalue weighted by atomic mass is 16.7. The fourth-order valence-corrected chi connectivity index (χ4v) is 2.93. The molecule has 1 fully saturated rings. The fraction of sp³-hybridized carbons (Fsp3) is 0.600. The van der Waals surface area contributed by atoms with Crippen molar-refractivity contribution in [2.24, 2.45) is 0 Å². The van der Waals surface area contributed by atoms with Crippen LogP contribution in [0.15, 0.2) is 18.2 Å². The minimum absolute atomic E-state index is 0.319. The van der Waals surface area contributed by atoms with Gasteiger partial charge in [-0.05, 0) is 37.6 Å². The number of aliphatic hydroxyl groups is 1. The highest BCUT2D eigenvalue weighted by Crippen LogP contribution is 2.33. The van der Waals surface area contributed by atoms with E-state index in [9.17, 15) is 5.11 Å². The number of benzene rings is 1. The normalized spacial score (nSPS) is 21.1. The summed E-state index contributed by atoms with van der Waals surface area (Å²) in [6.45, 7) is 3.73. The van der Waals surface area contributed by atoms with Crippen LogP contribution in [0.2, 0.25) is 0 Å². The van der Waals surface area contributed by atoms with Gasteiger partial charge in [0.15, 0.2) is 11.5 Å². The number of likely N-dealkylation sites (tertiary alicyclic amines) is 1. The number of hydrogen-bond donors (Lipinski definition) is 2. The van der Waals surface area contributed by atoms with Crippen LogP contribution in [0.4, 0.5) is 0 Å². The minimum Gasteiger partial charge on any atom is -0.454 e. The first-order valence-corrected chi connectivity index (χ1v) is 7.16. The molecule has 5 nitrogen and oxygen atoms in total. The average Bonchev–Trinajstić information content (AvgIpc) is 2.89. The van der Waals surface area contributed by atoms with Crippen LogP contribution in [0.3, 0.4) is 0 Å². The average molecular weight is 278 g/mol. The molecular weight excluding hydrogens is 256 g/mol. The van der Waals surface area contributed by atoms with Crippen molar-refractivity contribution >= 4 is 0 Å². The predicted molar refractivity (Wildman–Crippen MR) is 76.0 cm³/mol. The highest BCUT2D eigenvalue weighted by molar-refractivity contribution is 5.44. The molecule has 1 aromatic rings. The van der Waals surface area contributed by atoms with Crippen LogP contribution in [0.25, 0.3) is 0 Å². The second kappa shape index (κ2) is 5.60. The molecule has 5 heteroatoms. The van der Waals surface area contributed by atoms with Crippen LogP contribution in [0, 0.1) is 0 Å². The van der Waals surface area contributed by atoms with E-state index in [1.807, 2.05) is 13.1 Å². The maximum Gasteiger partial charge on any atom is 0.231 e.